The van der Waals surface area contributed by atoms with Crippen LogP contribution in [0.1, 0.15) is 61.3 Å². The van der Waals surface area contributed by atoms with E-state index in [1.807, 2.05) is 35.9 Å². The largest absolute Gasteiger partial charge is 0.494 e. The van der Waals surface area contributed by atoms with Gasteiger partial charge in [0.15, 0.2) is 5.82 Å². The molecular formula is C25H30N6O2S. The Labute approximate surface area is 202 Å². The average molecular weight is 479 g/mol. The lowest BCUT2D eigenvalue weighted by Crippen LogP contribution is -2.28. The van der Waals surface area contributed by atoms with Crippen molar-refractivity contribution < 1.29 is 4.74 Å². The number of ether oxygens (including phenoxy) is 1. The van der Waals surface area contributed by atoms with Gasteiger partial charge in [0.05, 0.1) is 19.2 Å². The third kappa shape index (κ3) is 5.20. The highest BCUT2D eigenvalue weighted by Crippen LogP contribution is 2.28. The van der Waals surface area contributed by atoms with Gasteiger partial charge in [-0.1, -0.05) is 25.3 Å². The molecule has 0 spiro atoms. The van der Waals surface area contributed by atoms with Gasteiger partial charge in [0.25, 0.3) is 5.56 Å². The number of H-pyrrole nitrogens is 1. The molecule has 0 atom stereocenters. The molecular weight excluding hydrogens is 448 g/mol. The normalized spacial score (nSPS) is 14.8. The van der Waals surface area contributed by atoms with Gasteiger partial charge in [0, 0.05) is 34.4 Å². The first kappa shape index (κ1) is 22.7. The number of aromatic nitrogens is 5. The standard InChI is InChI=1S/C25H30N6O2S/c1-2-33-21-10-11-23-18(14-21)13-19(25(32)26-23)15-30(16-22-9-6-12-34-22)17-24-27-28-29-31(24)20-7-4-3-5-8-20/h6,9-14,20H,2-5,7-8,15-17H2,1H3,(H,26,32). The molecule has 1 fully saturated rings. The summed E-state index contributed by atoms with van der Waals surface area (Å²) in [4.78, 5) is 19.5. The summed E-state index contributed by atoms with van der Waals surface area (Å²) in [5.41, 5.74) is 1.46. The lowest BCUT2D eigenvalue weighted by molar-refractivity contribution is 0.227. The summed E-state index contributed by atoms with van der Waals surface area (Å²) in [7, 11) is 0. The van der Waals surface area contributed by atoms with Crippen LogP contribution in [0.5, 0.6) is 5.75 Å². The molecule has 1 N–H and O–H groups in total. The molecule has 5 rings (SSSR count). The van der Waals surface area contributed by atoms with Gasteiger partial charge in [0.1, 0.15) is 5.75 Å². The fraction of sp³-hybridized carbons (Fsp3) is 0.440. The first-order valence-corrected chi connectivity index (χ1v) is 12.9. The fourth-order valence-corrected chi connectivity index (χ4v) is 5.51. The van der Waals surface area contributed by atoms with E-state index in [0.717, 1.165) is 47.4 Å². The number of hydrogen-bond acceptors (Lipinski definition) is 7. The van der Waals surface area contributed by atoms with Crippen LogP contribution in [-0.2, 0) is 19.6 Å². The molecule has 0 bridgehead atoms. The van der Waals surface area contributed by atoms with E-state index in [2.05, 4.69) is 42.9 Å². The third-order valence-corrected chi connectivity index (χ3v) is 7.26. The third-order valence-electron chi connectivity index (χ3n) is 6.40. The SMILES string of the molecule is CCOc1ccc2[nH]c(=O)c(CN(Cc3cccs3)Cc3nnnn3C3CCCCC3)cc2c1. The number of aromatic amines is 1. The summed E-state index contributed by atoms with van der Waals surface area (Å²) in [6.45, 7) is 4.38. The Morgan fingerprint density at radius 2 is 2.03 bits per heavy atom. The molecule has 0 aliphatic heterocycles. The first-order chi connectivity index (χ1) is 16.7. The number of rotatable bonds is 9. The molecule has 3 heterocycles. The molecule has 1 aliphatic carbocycles. The lowest BCUT2D eigenvalue weighted by atomic mass is 9.95. The Kier molecular flexibility index (Phi) is 7.01. The number of benzene rings is 1. The van der Waals surface area contributed by atoms with Crippen LogP contribution >= 0.6 is 11.3 Å². The Morgan fingerprint density at radius 1 is 1.15 bits per heavy atom. The predicted octanol–water partition coefficient (Wildman–Crippen LogP) is 4.68. The quantitative estimate of drug-likeness (QED) is 0.376. The van der Waals surface area contributed by atoms with Gasteiger partial charge in [-0.05, 0) is 65.9 Å². The smallest absolute Gasteiger partial charge is 0.252 e. The van der Waals surface area contributed by atoms with Gasteiger partial charge in [-0.25, -0.2) is 4.68 Å². The Morgan fingerprint density at radius 3 is 2.82 bits per heavy atom. The second-order valence-electron chi connectivity index (χ2n) is 8.86. The predicted molar refractivity (Wildman–Crippen MR) is 133 cm³/mol. The van der Waals surface area contributed by atoms with Gasteiger partial charge in [-0.2, -0.15) is 0 Å². The maximum absolute atomic E-state index is 12.9. The molecule has 0 amide bonds. The summed E-state index contributed by atoms with van der Waals surface area (Å²) in [5.74, 6) is 1.66. The van der Waals surface area contributed by atoms with Crippen LogP contribution in [0, 0.1) is 0 Å². The number of thiophene rings is 1. The number of hydrogen-bond donors (Lipinski definition) is 1. The maximum atomic E-state index is 12.9. The molecule has 4 aromatic rings. The molecule has 1 saturated carbocycles. The minimum absolute atomic E-state index is 0.0697. The topological polar surface area (TPSA) is 88.9 Å². The summed E-state index contributed by atoms with van der Waals surface area (Å²) in [6, 6.07) is 12.3. The molecule has 0 radical (unpaired) electrons. The Hall–Kier alpha value is -3.04. The molecule has 34 heavy (non-hydrogen) atoms. The minimum atomic E-state index is -0.0697. The van der Waals surface area contributed by atoms with E-state index in [0.29, 0.717) is 25.7 Å². The summed E-state index contributed by atoms with van der Waals surface area (Å²) in [6.07, 6.45) is 5.97. The van der Waals surface area contributed by atoms with Crippen LogP contribution in [0.3, 0.4) is 0 Å². The van der Waals surface area contributed by atoms with Crippen molar-refractivity contribution in [3.8, 4) is 5.75 Å². The lowest BCUT2D eigenvalue weighted by Gasteiger charge is -2.25. The van der Waals surface area contributed by atoms with E-state index in [-0.39, 0.29) is 5.56 Å². The van der Waals surface area contributed by atoms with E-state index in [1.165, 1.54) is 24.1 Å². The van der Waals surface area contributed by atoms with Crippen LogP contribution in [0.25, 0.3) is 10.9 Å². The zero-order valence-corrected chi connectivity index (χ0v) is 20.3. The summed E-state index contributed by atoms with van der Waals surface area (Å²) >= 11 is 1.72. The maximum Gasteiger partial charge on any atom is 0.252 e. The van der Waals surface area contributed by atoms with Gasteiger partial charge < -0.3 is 9.72 Å². The second-order valence-corrected chi connectivity index (χ2v) is 9.89. The molecule has 1 aliphatic rings. The highest BCUT2D eigenvalue weighted by molar-refractivity contribution is 7.09. The van der Waals surface area contributed by atoms with Gasteiger partial charge >= 0.3 is 0 Å². The van der Waals surface area contributed by atoms with Crippen molar-refractivity contribution in [1.29, 1.82) is 0 Å². The van der Waals surface area contributed by atoms with Crippen LogP contribution in [-0.4, -0.2) is 36.7 Å². The molecule has 0 unspecified atom stereocenters. The molecule has 0 saturated heterocycles. The van der Waals surface area contributed by atoms with Crippen molar-refractivity contribution in [3.05, 3.63) is 68.4 Å². The van der Waals surface area contributed by atoms with Crippen molar-refractivity contribution in [2.45, 2.75) is 64.7 Å². The summed E-state index contributed by atoms with van der Waals surface area (Å²) < 4.78 is 7.66. The molecule has 3 aromatic heterocycles. The van der Waals surface area contributed by atoms with E-state index >= 15 is 0 Å². The minimum Gasteiger partial charge on any atom is -0.494 e. The molecule has 8 nitrogen and oxygen atoms in total. The van der Waals surface area contributed by atoms with Crippen LogP contribution in [0.15, 0.2) is 46.6 Å². The zero-order valence-electron chi connectivity index (χ0n) is 19.4. The number of pyridine rings is 1. The number of tetrazole rings is 1. The van der Waals surface area contributed by atoms with E-state index in [1.54, 1.807) is 11.3 Å². The van der Waals surface area contributed by atoms with Crippen molar-refractivity contribution in [2.75, 3.05) is 6.61 Å². The van der Waals surface area contributed by atoms with Gasteiger partial charge in [-0.15, -0.1) is 16.4 Å². The van der Waals surface area contributed by atoms with Gasteiger partial charge in [0.2, 0.25) is 0 Å². The van der Waals surface area contributed by atoms with Crippen molar-refractivity contribution >= 4 is 22.2 Å². The molecule has 1 aromatic carbocycles. The Bertz CT molecular complexity index is 1280. The first-order valence-electron chi connectivity index (χ1n) is 12.0. The fourth-order valence-electron chi connectivity index (χ4n) is 4.76. The van der Waals surface area contributed by atoms with Gasteiger partial charge in [-0.3, -0.25) is 9.69 Å². The average Bonchev–Trinajstić information content (AvgIpc) is 3.53. The second kappa shape index (κ2) is 10.5. The van der Waals surface area contributed by atoms with Crippen LogP contribution in [0.4, 0.5) is 0 Å². The molecule has 9 heteroatoms. The van der Waals surface area contributed by atoms with Crippen molar-refractivity contribution in [2.24, 2.45) is 0 Å². The number of nitrogens with one attached hydrogen (secondary N) is 1. The number of fused-ring (bicyclic) bond motifs is 1. The van der Waals surface area contributed by atoms with Crippen LogP contribution < -0.4 is 10.3 Å². The monoisotopic (exact) mass is 478 g/mol. The highest BCUT2D eigenvalue weighted by Gasteiger charge is 2.22. The van der Waals surface area contributed by atoms with Crippen LogP contribution in [0.2, 0.25) is 0 Å². The Balaban J connectivity index is 1.43. The van der Waals surface area contributed by atoms with Crippen molar-refractivity contribution in [1.82, 2.24) is 30.1 Å². The molecule has 178 valence electrons. The zero-order chi connectivity index (χ0) is 23.3. The number of nitrogens with zero attached hydrogens (tertiary/aromatic N) is 5. The van der Waals surface area contributed by atoms with E-state index < -0.39 is 0 Å². The summed E-state index contributed by atoms with van der Waals surface area (Å²) in [5, 5.41) is 15.7. The van der Waals surface area contributed by atoms with E-state index in [4.69, 9.17) is 4.74 Å². The van der Waals surface area contributed by atoms with Crippen molar-refractivity contribution in [3.63, 3.8) is 0 Å². The highest BCUT2D eigenvalue weighted by atomic mass is 32.1. The van der Waals surface area contributed by atoms with E-state index in [9.17, 15) is 4.79 Å².